The molecular weight excluding hydrogens is 210 g/mol. The Kier molecular flexibility index (Phi) is 10.3. The van der Waals surface area contributed by atoms with Crippen LogP contribution in [0.25, 0.3) is 0 Å². The molecule has 0 atom stereocenters. The van der Waals surface area contributed by atoms with Gasteiger partial charge in [-0.15, -0.1) is 0 Å². The van der Waals surface area contributed by atoms with Crippen LogP contribution in [0.3, 0.4) is 0 Å². The first kappa shape index (κ1) is 15.7. The highest BCUT2D eigenvalue weighted by Crippen LogP contribution is 1.96. The summed E-state index contributed by atoms with van der Waals surface area (Å²) < 4.78 is 0. The van der Waals surface area contributed by atoms with Crippen molar-refractivity contribution in [1.82, 2.24) is 5.32 Å². The second-order valence-electron chi connectivity index (χ2n) is 4.10. The van der Waals surface area contributed by atoms with Crippen LogP contribution in [-0.4, -0.2) is 5.91 Å². The Balaban J connectivity index is 0.000000366. The van der Waals surface area contributed by atoms with Crippen LogP contribution >= 0.6 is 0 Å². The standard InChI is InChI=1S/C9H11NO.C6H14/c1-8(11)10-7-9-5-3-2-4-6-9;1-3-5-6-4-2/h2-6H,7H2,1H3,(H,10,11);3-6H2,1-2H3. The molecule has 0 saturated heterocycles. The lowest BCUT2D eigenvalue weighted by molar-refractivity contribution is -0.119. The second-order valence-corrected chi connectivity index (χ2v) is 4.10. The Hall–Kier alpha value is -1.31. The molecule has 1 N–H and O–H groups in total. The van der Waals surface area contributed by atoms with Crippen LogP contribution in [0.2, 0.25) is 0 Å². The van der Waals surface area contributed by atoms with Gasteiger partial charge < -0.3 is 5.32 Å². The molecule has 0 saturated carbocycles. The Labute approximate surface area is 105 Å². The molecule has 96 valence electrons. The molecule has 0 spiro atoms. The topological polar surface area (TPSA) is 29.1 Å². The summed E-state index contributed by atoms with van der Waals surface area (Å²) in [5, 5.41) is 2.72. The summed E-state index contributed by atoms with van der Waals surface area (Å²) in [7, 11) is 0. The van der Waals surface area contributed by atoms with Crippen molar-refractivity contribution in [3.63, 3.8) is 0 Å². The lowest BCUT2D eigenvalue weighted by Crippen LogP contribution is -2.18. The molecule has 0 bridgehead atoms. The van der Waals surface area contributed by atoms with Gasteiger partial charge in [0.2, 0.25) is 5.91 Å². The molecule has 0 radical (unpaired) electrons. The molecular formula is C15H25NO. The van der Waals surface area contributed by atoms with Gasteiger partial charge in [0.15, 0.2) is 0 Å². The Morgan fingerprint density at radius 3 is 2.00 bits per heavy atom. The maximum atomic E-state index is 10.5. The lowest BCUT2D eigenvalue weighted by Gasteiger charge is -2.00. The fraction of sp³-hybridized carbons (Fsp3) is 0.533. The van der Waals surface area contributed by atoms with Crippen LogP contribution in [0.15, 0.2) is 30.3 Å². The summed E-state index contributed by atoms with van der Waals surface area (Å²) in [6.45, 7) is 6.60. The van der Waals surface area contributed by atoms with E-state index in [-0.39, 0.29) is 5.91 Å². The van der Waals surface area contributed by atoms with Gasteiger partial charge in [0.1, 0.15) is 0 Å². The van der Waals surface area contributed by atoms with Gasteiger partial charge in [0.25, 0.3) is 0 Å². The average molecular weight is 235 g/mol. The van der Waals surface area contributed by atoms with Gasteiger partial charge in [-0.1, -0.05) is 69.9 Å². The number of rotatable bonds is 5. The van der Waals surface area contributed by atoms with Crippen molar-refractivity contribution in [1.29, 1.82) is 0 Å². The van der Waals surface area contributed by atoms with E-state index in [1.165, 1.54) is 32.6 Å². The Morgan fingerprint density at radius 1 is 1.06 bits per heavy atom. The van der Waals surface area contributed by atoms with Crippen molar-refractivity contribution in [3.8, 4) is 0 Å². The van der Waals surface area contributed by atoms with E-state index in [9.17, 15) is 4.79 Å². The zero-order valence-electron chi connectivity index (χ0n) is 11.3. The first-order chi connectivity index (χ1) is 8.20. The molecule has 0 aliphatic heterocycles. The molecule has 0 aromatic heterocycles. The van der Waals surface area contributed by atoms with Gasteiger partial charge >= 0.3 is 0 Å². The van der Waals surface area contributed by atoms with Crippen molar-refractivity contribution in [3.05, 3.63) is 35.9 Å². The third kappa shape index (κ3) is 11.0. The van der Waals surface area contributed by atoms with Crippen molar-refractivity contribution >= 4 is 5.91 Å². The predicted octanol–water partition coefficient (Wildman–Crippen LogP) is 3.91. The second kappa shape index (κ2) is 11.2. The minimum atomic E-state index is 0.00820. The van der Waals surface area contributed by atoms with E-state index in [1.54, 1.807) is 0 Å². The van der Waals surface area contributed by atoms with E-state index < -0.39 is 0 Å². The molecule has 0 heterocycles. The van der Waals surface area contributed by atoms with Gasteiger partial charge in [-0.2, -0.15) is 0 Å². The van der Waals surface area contributed by atoms with Crippen molar-refractivity contribution in [2.24, 2.45) is 0 Å². The number of carbonyl (C=O) groups excluding carboxylic acids is 1. The predicted molar refractivity (Wildman–Crippen MR) is 73.8 cm³/mol. The van der Waals surface area contributed by atoms with Crippen LogP contribution in [0.4, 0.5) is 0 Å². The molecule has 1 aromatic carbocycles. The van der Waals surface area contributed by atoms with E-state index in [0.717, 1.165) is 5.56 Å². The molecule has 1 rings (SSSR count). The van der Waals surface area contributed by atoms with Gasteiger partial charge in [-0.25, -0.2) is 0 Å². The quantitative estimate of drug-likeness (QED) is 0.770. The summed E-state index contributed by atoms with van der Waals surface area (Å²) in [6.07, 6.45) is 5.54. The van der Waals surface area contributed by atoms with E-state index in [0.29, 0.717) is 6.54 Å². The SMILES string of the molecule is CC(=O)NCc1ccccc1.CCCCCC. The molecule has 17 heavy (non-hydrogen) atoms. The fourth-order valence-corrected chi connectivity index (χ4v) is 1.32. The normalized spacial score (nSPS) is 9.12. The molecule has 2 heteroatoms. The zero-order valence-corrected chi connectivity index (χ0v) is 11.3. The van der Waals surface area contributed by atoms with Gasteiger partial charge in [-0.3, -0.25) is 4.79 Å². The lowest BCUT2D eigenvalue weighted by atomic mass is 10.2. The van der Waals surface area contributed by atoms with Gasteiger partial charge in [-0.05, 0) is 5.56 Å². The highest BCUT2D eigenvalue weighted by molar-refractivity contribution is 5.72. The van der Waals surface area contributed by atoms with Gasteiger partial charge in [0, 0.05) is 13.5 Å². The zero-order chi connectivity index (χ0) is 12.9. The van der Waals surface area contributed by atoms with Crippen LogP contribution in [0.1, 0.15) is 52.0 Å². The van der Waals surface area contributed by atoms with E-state index in [1.807, 2.05) is 30.3 Å². The summed E-state index contributed by atoms with van der Waals surface area (Å²) in [5.74, 6) is 0.00820. The maximum Gasteiger partial charge on any atom is 0.217 e. The number of carbonyl (C=O) groups is 1. The number of nitrogens with one attached hydrogen (secondary N) is 1. The van der Waals surface area contributed by atoms with Crippen LogP contribution in [-0.2, 0) is 11.3 Å². The Morgan fingerprint density at radius 2 is 1.59 bits per heavy atom. The minimum absolute atomic E-state index is 0.00820. The molecule has 0 unspecified atom stereocenters. The largest absolute Gasteiger partial charge is 0.352 e. The van der Waals surface area contributed by atoms with Crippen LogP contribution < -0.4 is 5.32 Å². The van der Waals surface area contributed by atoms with Gasteiger partial charge in [0.05, 0.1) is 0 Å². The fourth-order valence-electron chi connectivity index (χ4n) is 1.32. The van der Waals surface area contributed by atoms with Crippen molar-refractivity contribution in [2.75, 3.05) is 0 Å². The molecule has 2 nitrogen and oxygen atoms in total. The van der Waals surface area contributed by atoms with Crippen LogP contribution in [0, 0.1) is 0 Å². The number of amides is 1. The first-order valence-electron chi connectivity index (χ1n) is 6.49. The summed E-state index contributed by atoms with van der Waals surface area (Å²) >= 11 is 0. The summed E-state index contributed by atoms with van der Waals surface area (Å²) in [4.78, 5) is 10.5. The molecule has 0 aliphatic carbocycles. The van der Waals surface area contributed by atoms with Crippen molar-refractivity contribution in [2.45, 2.75) is 53.0 Å². The molecule has 1 aromatic rings. The summed E-state index contributed by atoms with van der Waals surface area (Å²) in [5.41, 5.74) is 1.13. The number of benzene rings is 1. The highest BCUT2D eigenvalue weighted by atomic mass is 16.1. The van der Waals surface area contributed by atoms with Crippen LogP contribution in [0.5, 0.6) is 0 Å². The van der Waals surface area contributed by atoms with E-state index in [2.05, 4.69) is 19.2 Å². The summed E-state index contributed by atoms with van der Waals surface area (Å²) in [6, 6.07) is 9.83. The highest BCUT2D eigenvalue weighted by Gasteiger charge is 1.91. The third-order valence-electron chi connectivity index (χ3n) is 2.34. The minimum Gasteiger partial charge on any atom is -0.352 e. The molecule has 0 aliphatic rings. The average Bonchev–Trinajstić information content (AvgIpc) is 2.36. The third-order valence-corrected chi connectivity index (χ3v) is 2.34. The monoisotopic (exact) mass is 235 g/mol. The number of unbranched alkanes of at least 4 members (excludes halogenated alkanes) is 3. The van der Waals surface area contributed by atoms with E-state index >= 15 is 0 Å². The number of hydrogen-bond donors (Lipinski definition) is 1. The number of hydrogen-bond acceptors (Lipinski definition) is 1. The molecule has 1 amide bonds. The molecule has 0 fully saturated rings. The van der Waals surface area contributed by atoms with E-state index in [4.69, 9.17) is 0 Å². The maximum absolute atomic E-state index is 10.5. The smallest absolute Gasteiger partial charge is 0.217 e. The first-order valence-corrected chi connectivity index (χ1v) is 6.49. The van der Waals surface area contributed by atoms with Crippen molar-refractivity contribution < 1.29 is 4.79 Å². The Bertz CT molecular complexity index is 278.